The molecule has 0 bridgehead atoms. The predicted molar refractivity (Wildman–Crippen MR) is 50.7 cm³/mol. The van der Waals surface area contributed by atoms with Gasteiger partial charge in [0.15, 0.2) is 0 Å². The molecular weight excluding hydrogens is 173 g/mol. The van der Waals surface area contributed by atoms with Crippen LogP contribution in [0.1, 0.15) is 6.92 Å². The summed E-state index contributed by atoms with van der Waals surface area (Å²) in [6, 6.07) is -0.318. The molecule has 6 heteroatoms. The molecule has 0 spiro atoms. The normalized spacial score (nSPS) is 32.2. The Hall–Kier alpha value is -1.46. The van der Waals surface area contributed by atoms with Crippen molar-refractivity contribution in [2.75, 3.05) is 13.7 Å². The summed E-state index contributed by atoms with van der Waals surface area (Å²) < 4.78 is 12.8. The van der Waals surface area contributed by atoms with Crippen molar-refractivity contribution < 1.29 is 4.39 Å². The number of aliphatic imine (C=N–C) groups is 3. The quantitative estimate of drug-likeness (QED) is 0.539. The maximum Gasteiger partial charge on any atom is 0.307 e. The van der Waals surface area contributed by atoms with Crippen LogP contribution in [-0.2, 0) is 0 Å². The molecule has 0 aromatic carbocycles. The van der Waals surface area contributed by atoms with E-state index in [-0.39, 0.29) is 18.5 Å². The molecule has 0 saturated carbocycles. The summed E-state index contributed by atoms with van der Waals surface area (Å²) in [4.78, 5) is 12.7. The van der Waals surface area contributed by atoms with E-state index in [1.54, 1.807) is 25.2 Å². The molecule has 0 amide bonds. The lowest BCUT2D eigenvalue weighted by Gasteiger charge is -2.08. The van der Waals surface area contributed by atoms with Gasteiger partial charge in [-0.1, -0.05) is 0 Å². The van der Waals surface area contributed by atoms with Gasteiger partial charge in [-0.15, -0.1) is 0 Å². The minimum absolute atomic E-state index is 0.132. The molecular formula is C7H12FN5. The molecule has 0 aliphatic carbocycles. The molecule has 72 valence electrons. The van der Waals surface area contributed by atoms with E-state index in [0.717, 1.165) is 0 Å². The predicted octanol–water partition coefficient (Wildman–Crippen LogP) is -0.0112. The van der Waals surface area contributed by atoms with Crippen LogP contribution in [0.5, 0.6) is 0 Å². The van der Waals surface area contributed by atoms with Crippen molar-refractivity contribution in [3.63, 3.8) is 0 Å². The van der Waals surface area contributed by atoms with Crippen molar-refractivity contribution in [2.24, 2.45) is 20.7 Å². The van der Waals surface area contributed by atoms with Gasteiger partial charge < -0.3 is 10.6 Å². The van der Waals surface area contributed by atoms with Crippen molar-refractivity contribution in [3.8, 4) is 0 Å². The summed E-state index contributed by atoms with van der Waals surface area (Å²) in [5.41, 5.74) is 5.45. The molecule has 0 aromatic rings. The van der Waals surface area contributed by atoms with Crippen molar-refractivity contribution in [1.29, 1.82) is 0 Å². The molecule has 2 N–H and O–H groups in total. The Morgan fingerprint density at radius 1 is 1.69 bits per heavy atom. The number of nitrogens with zero attached hydrogens (tertiary/aromatic N) is 4. The zero-order valence-electron chi connectivity index (χ0n) is 7.61. The molecule has 1 atom stereocenters. The highest BCUT2D eigenvalue weighted by atomic mass is 19.1. The van der Waals surface area contributed by atoms with Gasteiger partial charge in [0.1, 0.15) is 18.5 Å². The monoisotopic (exact) mass is 185 g/mol. The van der Waals surface area contributed by atoms with Gasteiger partial charge >= 0.3 is 6.09 Å². The first-order valence-electron chi connectivity index (χ1n) is 3.87. The highest BCUT2D eigenvalue weighted by Crippen LogP contribution is 1.96. The minimum Gasteiger partial charge on any atom is -0.385 e. The average molecular weight is 185 g/mol. The fraction of sp³-hybridized carbons (Fsp3) is 0.571. The SMILES string of the molecule is CC1N=CN(C)C/N=C(F)\N=C/1N. The topological polar surface area (TPSA) is 66.3 Å². The molecule has 1 rings (SSSR count). The number of amidine groups is 2. The van der Waals surface area contributed by atoms with E-state index in [1.165, 1.54) is 0 Å². The highest BCUT2D eigenvalue weighted by molar-refractivity contribution is 5.95. The van der Waals surface area contributed by atoms with E-state index < -0.39 is 6.09 Å². The van der Waals surface area contributed by atoms with E-state index in [4.69, 9.17) is 5.73 Å². The third kappa shape index (κ3) is 2.81. The Bertz CT molecular complexity index is 270. The summed E-state index contributed by atoms with van der Waals surface area (Å²) in [5.74, 6) is 0.132. The first-order chi connectivity index (χ1) is 6.09. The van der Waals surface area contributed by atoms with Gasteiger partial charge in [0.05, 0.1) is 6.34 Å². The van der Waals surface area contributed by atoms with Crippen LogP contribution in [0.3, 0.4) is 0 Å². The fourth-order valence-electron chi connectivity index (χ4n) is 0.732. The molecule has 1 unspecified atom stereocenters. The van der Waals surface area contributed by atoms with Gasteiger partial charge in [0.25, 0.3) is 0 Å². The van der Waals surface area contributed by atoms with Crippen LogP contribution < -0.4 is 5.73 Å². The van der Waals surface area contributed by atoms with Crippen LogP contribution in [0, 0.1) is 0 Å². The number of hydrogen-bond acceptors (Lipinski definition) is 5. The van der Waals surface area contributed by atoms with Crippen molar-refractivity contribution in [1.82, 2.24) is 4.90 Å². The second-order valence-electron chi connectivity index (χ2n) is 2.80. The first kappa shape index (κ1) is 9.63. The van der Waals surface area contributed by atoms with Gasteiger partial charge in [0, 0.05) is 7.05 Å². The molecule has 0 fully saturated rings. The number of nitrogens with two attached hydrogens (primary N) is 1. The van der Waals surface area contributed by atoms with Crippen LogP contribution in [0.2, 0.25) is 0 Å². The number of rotatable bonds is 0. The van der Waals surface area contributed by atoms with E-state index in [1.807, 2.05) is 0 Å². The zero-order valence-corrected chi connectivity index (χ0v) is 7.61. The summed E-state index contributed by atoms with van der Waals surface area (Å²) in [7, 11) is 1.74. The van der Waals surface area contributed by atoms with Crippen LogP contribution >= 0.6 is 0 Å². The van der Waals surface area contributed by atoms with Gasteiger partial charge in [-0.2, -0.15) is 9.38 Å². The molecule has 5 nitrogen and oxygen atoms in total. The Balaban J connectivity index is 2.89. The lowest BCUT2D eigenvalue weighted by Crippen LogP contribution is -2.26. The maximum absolute atomic E-state index is 12.8. The number of hydrogen-bond donors (Lipinski definition) is 1. The first-order valence-corrected chi connectivity index (χ1v) is 3.87. The van der Waals surface area contributed by atoms with Gasteiger partial charge in [-0.05, 0) is 6.92 Å². The molecule has 1 aliphatic rings. The summed E-state index contributed by atoms with van der Waals surface area (Å²) in [6.07, 6.45) is 0.761. The summed E-state index contributed by atoms with van der Waals surface area (Å²) in [6.45, 7) is 1.93. The minimum atomic E-state index is -0.804. The smallest absolute Gasteiger partial charge is 0.307 e. The van der Waals surface area contributed by atoms with Crippen molar-refractivity contribution >= 4 is 18.3 Å². The van der Waals surface area contributed by atoms with E-state index in [9.17, 15) is 4.39 Å². The zero-order chi connectivity index (χ0) is 9.84. The number of halogens is 1. The Morgan fingerprint density at radius 3 is 3.08 bits per heavy atom. The fourth-order valence-corrected chi connectivity index (χ4v) is 0.732. The average Bonchev–Trinajstić information content (AvgIpc) is 2.13. The lowest BCUT2D eigenvalue weighted by atomic mass is 10.3. The maximum atomic E-state index is 12.8. The summed E-state index contributed by atoms with van der Waals surface area (Å²) >= 11 is 0. The summed E-state index contributed by atoms with van der Waals surface area (Å²) in [5, 5.41) is 0. The molecule has 0 aromatic heterocycles. The van der Waals surface area contributed by atoms with Gasteiger partial charge in [-0.3, -0.25) is 4.99 Å². The second-order valence-corrected chi connectivity index (χ2v) is 2.80. The van der Waals surface area contributed by atoms with Gasteiger partial charge in [0.2, 0.25) is 0 Å². The molecule has 13 heavy (non-hydrogen) atoms. The second kappa shape index (κ2) is 3.97. The largest absolute Gasteiger partial charge is 0.385 e. The standard InChI is InChI=1S/C7H12FN5/c1-5-6(9)12-7(8)11-4-13(2)3-10-5/h3,5H,4H2,1-2H3,(H2,9,11,12). The third-order valence-electron chi connectivity index (χ3n) is 1.56. The van der Waals surface area contributed by atoms with Crippen LogP contribution in [0.4, 0.5) is 4.39 Å². The van der Waals surface area contributed by atoms with Crippen molar-refractivity contribution in [2.45, 2.75) is 13.0 Å². The van der Waals surface area contributed by atoms with Crippen LogP contribution in [0.15, 0.2) is 15.0 Å². The van der Waals surface area contributed by atoms with E-state index in [2.05, 4.69) is 15.0 Å². The Labute approximate surface area is 75.9 Å². The lowest BCUT2D eigenvalue weighted by molar-refractivity contribution is 0.530. The highest BCUT2D eigenvalue weighted by Gasteiger charge is 2.07. The van der Waals surface area contributed by atoms with Crippen LogP contribution in [-0.4, -0.2) is 42.9 Å². The van der Waals surface area contributed by atoms with Gasteiger partial charge in [-0.25, -0.2) is 4.99 Å². The van der Waals surface area contributed by atoms with Crippen molar-refractivity contribution in [3.05, 3.63) is 0 Å². The molecule has 1 heterocycles. The molecule has 0 radical (unpaired) electrons. The molecule has 0 saturated heterocycles. The Morgan fingerprint density at radius 2 is 2.38 bits per heavy atom. The Kier molecular flexibility index (Phi) is 2.94. The third-order valence-corrected chi connectivity index (χ3v) is 1.56. The van der Waals surface area contributed by atoms with E-state index in [0.29, 0.717) is 0 Å². The molecule has 1 aliphatic heterocycles. The van der Waals surface area contributed by atoms with E-state index >= 15 is 0 Å². The van der Waals surface area contributed by atoms with Crippen LogP contribution in [0.25, 0.3) is 0 Å².